The zero-order valence-corrected chi connectivity index (χ0v) is 54.6. The number of carbonyl (C=O) groups excluding carboxylic acids is 4. The summed E-state index contributed by atoms with van der Waals surface area (Å²) in [6, 6.07) is 41.0. The zero-order valence-electron chi connectivity index (χ0n) is 50.3. The number of fused-ring (bicyclic) bond motifs is 2. The molecule has 6 N–H and O–H groups in total. The Labute approximate surface area is 550 Å². The number of piperidine rings is 2. The van der Waals surface area contributed by atoms with Crippen LogP contribution in [0, 0.1) is 11.8 Å². The molecular formula is C64H67Cl2N12NaO9S. The van der Waals surface area contributed by atoms with Gasteiger partial charge in [0.15, 0.2) is 0 Å². The van der Waals surface area contributed by atoms with Crippen molar-refractivity contribution in [2.75, 3.05) is 47.4 Å². The molecule has 2 aliphatic rings. The van der Waals surface area contributed by atoms with Crippen molar-refractivity contribution in [2.24, 2.45) is 11.8 Å². The van der Waals surface area contributed by atoms with E-state index in [9.17, 15) is 19.2 Å². The third kappa shape index (κ3) is 18.2. The van der Waals surface area contributed by atoms with Gasteiger partial charge in [-0.25, -0.2) is 29.5 Å². The van der Waals surface area contributed by atoms with E-state index in [2.05, 4.69) is 70.0 Å². The van der Waals surface area contributed by atoms with Gasteiger partial charge in [0.1, 0.15) is 11.2 Å². The first-order valence-electron chi connectivity index (χ1n) is 28.2. The Bertz CT molecular complexity index is 3970. The number of ether oxygens (including phenoxy) is 2. The second kappa shape index (κ2) is 30.8. The van der Waals surface area contributed by atoms with Gasteiger partial charge < -0.3 is 55.6 Å². The normalized spacial score (nSPS) is 13.4. The number of amides is 4. The summed E-state index contributed by atoms with van der Waals surface area (Å²) >= 11 is 12.4. The molecular weight excluding hydrogens is 1210 g/mol. The minimum absolute atomic E-state index is 0. The summed E-state index contributed by atoms with van der Waals surface area (Å²) in [6.45, 7) is 13.0. The molecule has 21 nitrogen and oxygen atoms in total. The van der Waals surface area contributed by atoms with Gasteiger partial charge in [-0.05, 0) is 128 Å². The average Bonchev–Trinajstić information content (AvgIpc) is 2.37. The van der Waals surface area contributed by atoms with E-state index in [1.54, 1.807) is 22.2 Å². The molecule has 11 rings (SSSR count). The minimum atomic E-state index is -0.750. The standard InChI is InChI=1S/C35H35ClN6O3.C29H31ClN6O3.Na.O2S.H2O/c1-35(2,3)45-34(44)41-18-16-23(17-19-41)32(43)38-24-10-9-11-25(20-24)39-33-37-21-29(36)31(40-33)28-22-42(26-12-5-4-6-13-26)30-15-8-7-14-27(28)30;1-29(2,3)39-28(38)36-13-11-18(12-14-36)26(37)33-19-7-6-8-20(15-19)34-27-32-17-23(30)25(35-27)22-16-31-24-10-5-4-9-21(22)24;;1-3-2;/h4-15,20-23H,16-19H2,1-3H3,(H,38,43)(H,37,39,40);4-10,15-18,31H,11-14H2,1-3H3,(H,33,37)(H,32,34,35);;;1H2/q;;+1;;/p-1. The van der Waals surface area contributed by atoms with Crippen LogP contribution in [0.2, 0.25) is 10.0 Å². The van der Waals surface area contributed by atoms with Gasteiger partial charge in [-0.1, -0.05) is 89.9 Å². The number of anilines is 6. The maximum atomic E-state index is 13.1. The number of para-hydroxylation sites is 3. The molecule has 0 aliphatic carbocycles. The van der Waals surface area contributed by atoms with Crippen LogP contribution in [-0.4, -0.2) is 115 Å². The molecule has 4 aromatic heterocycles. The molecule has 2 fully saturated rings. The third-order valence-corrected chi connectivity index (χ3v) is 14.7. The summed E-state index contributed by atoms with van der Waals surface area (Å²) in [5.41, 5.74) is 7.75. The molecule has 0 radical (unpaired) electrons. The van der Waals surface area contributed by atoms with Crippen molar-refractivity contribution >= 4 is 115 Å². The molecule has 5 aromatic carbocycles. The summed E-state index contributed by atoms with van der Waals surface area (Å²) in [5.74, 6) is 0.247. The average molecular weight is 1270 g/mol. The molecule has 25 heteroatoms. The number of aromatic nitrogens is 6. The second-order valence-electron chi connectivity index (χ2n) is 22.7. The Hall–Kier alpha value is -8.22. The van der Waals surface area contributed by atoms with Crippen LogP contribution in [0.4, 0.5) is 44.2 Å². The molecule has 89 heavy (non-hydrogen) atoms. The van der Waals surface area contributed by atoms with Crippen LogP contribution >= 0.6 is 23.2 Å². The van der Waals surface area contributed by atoms with Crippen molar-refractivity contribution < 1.29 is 72.1 Å². The minimum Gasteiger partial charge on any atom is -0.870 e. The number of likely N-dealkylation sites (tertiary alicyclic amines) is 2. The topological polar surface area (TPSA) is 278 Å². The van der Waals surface area contributed by atoms with Crippen molar-refractivity contribution in [3.63, 3.8) is 0 Å². The van der Waals surface area contributed by atoms with Crippen LogP contribution in [-0.2, 0) is 30.6 Å². The monoisotopic (exact) mass is 1270 g/mol. The summed E-state index contributed by atoms with van der Waals surface area (Å²) < 4.78 is 29.6. The first-order valence-corrected chi connectivity index (χ1v) is 29.7. The molecule has 9 aromatic rings. The fourth-order valence-electron chi connectivity index (χ4n) is 10.1. The zero-order chi connectivity index (χ0) is 61.8. The predicted molar refractivity (Wildman–Crippen MR) is 342 cm³/mol. The molecule has 0 spiro atoms. The molecule has 0 unspecified atom stereocenters. The van der Waals surface area contributed by atoms with Gasteiger partial charge in [0.05, 0.1) is 39.3 Å². The van der Waals surface area contributed by atoms with Gasteiger partial charge in [0, 0.05) is 106 Å². The van der Waals surface area contributed by atoms with E-state index in [0.29, 0.717) is 102 Å². The number of H-pyrrole nitrogens is 1. The van der Waals surface area contributed by atoms with E-state index in [0.717, 1.165) is 44.3 Å². The van der Waals surface area contributed by atoms with Crippen LogP contribution in [0.25, 0.3) is 50.0 Å². The van der Waals surface area contributed by atoms with Gasteiger partial charge in [-0.2, -0.15) is 8.42 Å². The van der Waals surface area contributed by atoms with Gasteiger partial charge in [-0.15, -0.1) is 0 Å². The molecule has 0 saturated carbocycles. The fraction of sp³-hybridized carbons (Fsp3) is 0.281. The van der Waals surface area contributed by atoms with Crippen molar-refractivity contribution in [1.29, 1.82) is 0 Å². The number of hydrogen-bond donors (Lipinski definition) is 5. The van der Waals surface area contributed by atoms with Gasteiger partial charge in [0.25, 0.3) is 0 Å². The number of rotatable bonds is 11. The molecule has 458 valence electrons. The van der Waals surface area contributed by atoms with Crippen molar-refractivity contribution in [3.8, 4) is 28.2 Å². The van der Waals surface area contributed by atoms with Gasteiger partial charge in [-0.3, -0.25) is 9.59 Å². The number of hydrogen-bond acceptors (Lipinski definition) is 15. The number of benzene rings is 5. The van der Waals surface area contributed by atoms with Crippen molar-refractivity contribution in [3.05, 3.63) is 162 Å². The second-order valence-corrected chi connectivity index (χ2v) is 23.7. The van der Waals surface area contributed by atoms with Crippen molar-refractivity contribution in [2.45, 2.75) is 78.4 Å². The number of halogens is 2. The van der Waals surface area contributed by atoms with Crippen LogP contribution in [0.5, 0.6) is 0 Å². The van der Waals surface area contributed by atoms with Crippen molar-refractivity contribution in [1.82, 2.24) is 39.3 Å². The number of nitrogens with one attached hydrogen (secondary N) is 5. The Balaban J connectivity index is 0.000000240. The SMILES string of the molecule is CC(C)(C)OC(=O)N1CCC(C(=O)Nc2cccc(Nc3ncc(Cl)c(-c4c[nH]c5ccccc45)n3)c2)CC1.CC(C)(C)OC(=O)N1CCC(C(=O)Nc2cccc(Nc3ncc(Cl)c(-c4cn(-c5ccccc5)c5ccccc45)n3)c2)CC1.O=S=O.[Na+].[OH-]. The number of nitrogens with zero attached hydrogens (tertiary/aromatic N) is 7. The summed E-state index contributed by atoms with van der Waals surface area (Å²) in [6.07, 6.45) is 8.74. The molecule has 2 aliphatic heterocycles. The molecule has 0 bridgehead atoms. The quantitative estimate of drug-likeness (QED) is 0.0753. The summed E-state index contributed by atoms with van der Waals surface area (Å²) in [5, 5.41) is 15.4. The smallest absolute Gasteiger partial charge is 0.870 e. The maximum absolute atomic E-state index is 13.1. The molecule has 0 atom stereocenters. The number of carbonyl (C=O) groups is 4. The molecule has 6 heterocycles. The van der Waals surface area contributed by atoms with E-state index >= 15 is 0 Å². The van der Waals surface area contributed by atoms with Gasteiger partial charge >= 0.3 is 53.3 Å². The van der Waals surface area contributed by atoms with Crippen LogP contribution in [0.15, 0.2) is 152 Å². The van der Waals surface area contributed by atoms with Gasteiger partial charge in [0.2, 0.25) is 23.7 Å². The maximum Gasteiger partial charge on any atom is 1.00 e. The van der Waals surface area contributed by atoms with E-state index in [-0.39, 0.29) is 70.9 Å². The Morgan fingerprint density at radius 2 is 1.00 bits per heavy atom. The van der Waals surface area contributed by atoms with Crippen LogP contribution < -0.4 is 50.8 Å². The Morgan fingerprint density at radius 3 is 1.48 bits per heavy atom. The Kier molecular flexibility index (Phi) is 23.6. The van der Waals surface area contributed by atoms with E-state index in [1.165, 1.54) is 0 Å². The first-order chi connectivity index (χ1) is 41.7. The predicted octanol–water partition coefficient (Wildman–Crippen LogP) is 10.8. The third-order valence-electron chi connectivity index (χ3n) is 14.1. The Morgan fingerprint density at radius 1 is 0.573 bits per heavy atom. The largest absolute Gasteiger partial charge is 1.00 e. The van der Waals surface area contributed by atoms with E-state index in [4.69, 9.17) is 46.1 Å². The number of aromatic amines is 1. The van der Waals surface area contributed by atoms with Crippen LogP contribution in [0.3, 0.4) is 0 Å². The fourth-order valence-corrected chi connectivity index (χ4v) is 10.5. The van der Waals surface area contributed by atoms with Crippen LogP contribution in [0.1, 0.15) is 67.2 Å². The summed E-state index contributed by atoms with van der Waals surface area (Å²) in [4.78, 5) is 75.5. The van der Waals surface area contributed by atoms with E-state index < -0.39 is 22.8 Å². The summed E-state index contributed by atoms with van der Waals surface area (Å²) in [7, 11) is 0. The molecule has 2 saturated heterocycles. The first kappa shape index (κ1) is 68.3. The van der Waals surface area contributed by atoms with E-state index in [1.807, 2.05) is 157 Å². The molecule has 4 amide bonds.